The quantitative estimate of drug-likeness (QED) is 0.735. The van der Waals surface area contributed by atoms with Crippen LogP contribution in [-0.4, -0.2) is 40.4 Å². The summed E-state index contributed by atoms with van der Waals surface area (Å²) < 4.78 is 44.4. The molecule has 2 rings (SSSR count). The van der Waals surface area contributed by atoms with Crippen LogP contribution in [0.4, 0.5) is 4.39 Å². The number of rotatable bonds is 7. The average molecular weight is 392 g/mol. The standard InChI is InChI=1S/C19H21FN2O4S/c1-21-27(24,25)18-12-14(6-10-17(18)26-3)7-11-19(23)22(2)13-15-4-8-16(20)9-5-15/h4-12,21H,13H2,1-3H3/b11-7+. The molecule has 2 aromatic rings. The van der Waals surface area contributed by atoms with E-state index in [2.05, 4.69) is 4.72 Å². The van der Waals surface area contributed by atoms with Gasteiger partial charge in [0.25, 0.3) is 0 Å². The molecule has 27 heavy (non-hydrogen) atoms. The zero-order valence-electron chi connectivity index (χ0n) is 15.3. The number of likely N-dealkylation sites (N-methyl/N-ethyl adjacent to an activating group) is 1. The second-order valence-corrected chi connectivity index (χ2v) is 7.63. The highest BCUT2D eigenvalue weighted by Gasteiger charge is 2.17. The molecular weight excluding hydrogens is 371 g/mol. The Morgan fingerprint density at radius 3 is 2.48 bits per heavy atom. The topological polar surface area (TPSA) is 75.7 Å². The molecular formula is C19H21FN2O4S. The van der Waals surface area contributed by atoms with Gasteiger partial charge in [0.1, 0.15) is 16.5 Å². The molecule has 1 N–H and O–H groups in total. The SMILES string of the molecule is CNS(=O)(=O)c1cc(/C=C/C(=O)N(C)Cc2ccc(F)cc2)ccc1OC. The van der Waals surface area contributed by atoms with Crippen LogP contribution in [0.1, 0.15) is 11.1 Å². The summed E-state index contributed by atoms with van der Waals surface area (Å²) in [5, 5.41) is 0. The molecule has 0 saturated heterocycles. The first-order valence-electron chi connectivity index (χ1n) is 8.06. The Morgan fingerprint density at radius 2 is 1.89 bits per heavy atom. The van der Waals surface area contributed by atoms with Crippen molar-refractivity contribution < 1.29 is 22.3 Å². The maximum atomic E-state index is 12.9. The van der Waals surface area contributed by atoms with Crippen molar-refractivity contribution in [2.45, 2.75) is 11.4 Å². The highest BCUT2D eigenvalue weighted by Crippen LogP contribution is 2.25. The molecule has 0 radical (unpaired) electrons. The summed E-state index contributed by atoms with van der Waals surface area (Å²) >= 11 is 0. The molecule has 144 valence electrons. The lowest BCUT2D eigenvalue weighted by Gasteiger charge is -2.15. The number of carbonyl (C=O) groups excluding carboxylic acids is 1. The minimum atomic E-state index is -3.70. The monoisotopic (exact) mass is 392 g/mol. The Kier molecular flexibility index (Phi) is 6.70. The fourth-order valence-corrected chi connectivity index (χ4v) is 3.28. The van der Waals surface area contributed by atoms with Crippen LogP contribution in [0.25, 0.3) is 6.08 Å². The van der Waals surface area contributed by atoms with Crippen molar-refractivity contribution in [2.24, 2.45) is 0 Å². The number of nitrogens with one attached hydrogen (secondary N) is 1. The van der Waals surface area contributed by atoms with Gasteiger partial charge in [-0.05, 0) is 48.5 Å². The second kappa shape index (κ2) is 8.79. The van der Waals surface area contributed by atoms with E-state index in [0.717, 1.165) is 5.56 Å². The summed E-state index contributed by atoms with van der Waals surface area (Å²) in [4.78, 5) is 13.7. The molecule has 0 atom stereocenters. The first-order valence-corrected chi connectivity index (χ1v) is 9.54. The molecule has 0 heterocycles. The van der Waals surface area contributed by atoms with Gasteiger partial charge in [-0.25, -0.2) is 17.5 Å². The third kappa shape index (κ3) is 5.38. The number of methoxy groups -OCH3 is 1. The summed E-state index contributed by atoms with van der Waals surface area (Å²) in [5.41, 5.74) is 1.33. The number of hydrogen-bond donors (Lipinski definition) is 1. The molecule has 0 unspecified atom stereocenters. The summed E-state index contributed by atoms with van der Waals surface area (Å²) in [7, 11) is 0.622. The van der Waals surface area contributed by atoms with Crippen molar-refractivity contribution in [1.29, 1.82) is 0 Å². The Labute approximate surface area is 158 Å². The Balaban J connectivity index is 2.15. The van der Waals surface area contributed by atoms with Crippen molar-refractivity contribution in [1.82, 2.24) is 9.62 Å². The van der Waals surface area contributed by atoms with Crippen molar-refractivity contribution >= 4 is 22.0 Å². The summed E-state index contributed by atoms with van der Waals surface area (Å²) in [6.07, 6.45) is 2.87. The van der Waals surface area contributed by atoms with Gasteiger partial charge >= 0.3 is 0 Å². The number of sulfonamides is 1. The van der Waals surface area contributed by atoms with Crippen LogP contribution in [0.5, 0.6) is 5.75 Å². The molecule has 2 aromatic carbocycles. The zero-order chi connectivity index (χ0) is 20.0. The van der Waals surface area contributed by atoms with E-state index < -0.39 is 10.0 Å². The summed E-state index contributed by atoms with van der Waals surface area (Å²) in [6.45, 7) is 0.325. The van der Waals surface area contributed by atoms with Gasteiger partial charge in [0, 0.05) is 19.7 Å². The van der Waals surface area contributed by atoms with Crippen molar-refractivity contribution in [2.75, 3.05) is 21.2 Å². The van der Waals surface area contributed by atoms with E-state index in [9.17, 15) is 17.6 Å². The van der Waals surface area contributed by atoms with Gasteiger partial charge in [-0.1, -0.05) is 18.2 Å². The highest BCUT2D eigenvalue weighted by atomic mass is 32.2. The van der Waals surface area contributed by atoms with Gasteiger partial charge in [-0.2, -0.15) is 0 Å². The summed E-state index contributed by atoms with van der Waals surface area (Å²) in [6, 6.07) is 10.5. The van der Waals surface area contributed by atoms with E-state index in [1.165, 1.54) is 55.5 Å². The van der Waals surface area contributed by atoms with Gasteiger partial charge < -0.3 is 9.64 Å². The molecule has 0 aromatic heterocycles. The van der Waals surface area contributed by atoms with E-state index in [1.807, 2.05) is 0 Å². The van der Waals surface area contributed by atoms with Crippen molar-refractivity contribution in [3.63, 3.8) is 0 Å². The molecule has 0 spiro atoms. The number of nitrogens with zero attached hydrogens (tertiary/aromatic N) is 1. The maximum absolute atomic E-state index is 12.9. The number of amides is 1. The molecule has 0 aliphatic heterocycles. The molecule has 0 aliphatic carbocycles. The number of halogens is 1. The van der Waals surface area contributed by atoms with Crippen molar-refractivity contribution in [3.8, 4) is 5.75 Å². The average Bonchev–Trinajstić information content (AvgIpc) is 2.67. The van der Waals surface area contributed by atoms with Gasteiger partial charge in [-0.15, -0.1) is 0 Å². The third-order valence-electron chi connectivity index (χ3n) is 3.87. The van der Waals surface area contributed by atoms with Crippen LogP contribution >= 0.6 is 0 Å². The van der Waals surface area contributed by atoms with Gasteiger partial charge in [0.15, 0.2) is 0 Å². The number of ether oxygens (including phenoxy) is 1. The number of carbonyl (C=O) groups is 1. The normalized spacial score (nSPS) is 11.6. The number of hydrogen-bond acceptors (Lipinski definition) is 4. The predicted molar refractivity (Wildman–Crippen MR) is 101 cm³/mol. The molecule has 8 heteroatoms. The first kappa shape index (κ1) is 20.6. The molecule has 0 fully saturated rings. The first-order chi connectivity index (χ1) is 12.8. The Bertz CT molecular complexity index is 941. The molecule has 1 amide bonds. The Morgan fingerprint density at radius 1 is 1.22 bits per heavy atom. The highest BCUT2D eigenvalue weighted by molar-refractivity contribution is 7.89. The molecule has 0 saturated carbocycles. The second-order valence-electron chi connectivity index (χ2n) is 5.77. The predicted octanol–water partition coefficient (Wildman–Crippen LogP) is 2.41. The molecule has 6 nitrogen and oxygen atoms in total. The fourth-order valence-electron chi connectivity index (χ4n) is 2.35. The van der Waals surface area contributed by atoms with Crippen LogP contribution in [-0.2, 0) is 21.4 Å². The zero-order valence-corrected chi connectivity index (χ0v) is 16.1. The number of benzene rings is 2. The van der Waals surface area contributed by atoms with Crippen molar-refractivity contribution in [3.05, 3.63) is 65.5 Å². The van der Waals surface area contributed by atoms with E-state index in [-0.39, 0.29) is 22.4 Å². The van der Waals surface area contributed by atoms with Gasteiger partial charge in [-0.3, -0.25) is 4.79 Å². The van der Waals surface area contributed by atoms with Crippen LogP contribution in [0.3, 0.4) is 0 Å². The van der Waals surface area contributed by atoms with E-state index >= 15 is 0 Å². The lowest BCUT2D eigenvalue weighted by atomic mass is 10.2. The van der Waals surface area contributed by atoms with Crippen LogP contribution < -0.4 is 9.46 Å². The minimum Gasteiger partial charge on any atom is -0.495 e. The molecule has 0 bridgehead atoms. The minimum absolute atomic E-state index is 0.0123. The smallest absolute Gasteiger partial charge is 0.246 e. The molecule has 0 aliphatic rings. The lowest BCUT2D eigenvalue weighted by Crippen LogP contribution is -2.24. The Hall–Kier alpha value is -2.71. The van der Waals surface area contributed by atoms with Crippen LogP contribution in [0.2, 0.25) is 0 Å². The lowest BCUT2D eigenvalue weighted by molar-refractivity contribution is -0.125. The maximum Gasteiger partial charge on any atom is 0.246 e. The van der Waals surface area contributed by atoms with Gasteiger partial charge in [0.05, 0.1) is 7.11 Å². The fraction of sp³-hybridized carbons (Fsp3) is 0.211. The third-order valence-corrected chi connectivity index (χ3v) is 5.31. The van der Waals surface area contributed by atoms with E-state index in [4.69, 9.17) is 4.74 Å². The van der Waals surface area contributed by atoms with E-state index in [1.54, 1.807) is 25.2 Å². The largest absolute Gasteiger partial charge is 0.495 e. The van der Waals surface area contributed by atoms with Crippen LogP contribution in [0, 0.1) is 5.82 Å². The van der Waals surface area contributed by atoms with Crippen LogP contribution in [0.15, 0.2) is 53.4 Å². The van der Waals surface area contributed by atoms with Gasteiger partial charge in [0.2, 0.25) is 15.9 Å². The summed E-state index contributed by atoms with van der Waals surface area (Å²) in [5.74, 6) is -0.395. The van der Waals surface area contributed by atoms with E-state index in [0.29, 0.717) is 12.1 Å².